The maximum absolute atomic E-state index is 3.29. The van der Waals surface area contributed by atoms with Gasteiger partial charge >= 0.3 is 0 Å². The van der Waals surface area contributed by atoms with Crippen molar-refractivity contribution < 1.29 is 21.7 Å². The monoisotopic (exact) mass is 256 g/mol. The van der Waals surface area contributed by atoms with Gasteiger partial charge in [0.1, 0.15) is 0 Å². The van der Waals surface area contributed by atoms with Crippen LogP contribution in [-0.2, 0) is 21.7 Å². The minimum atomic E-state index is 0. The van der Waals surface area contributed by atoms with Crippen LogP contribution in [0.2, 0.25) is 0 Å². The Labute approximate surface area is 108 Å². The summed E-state index contributed by atoms with van der Waals surface area (Å²) in [5, 5.41) is 0. The quantitative estimate of drug-likeness (QED) is 0.554. The first-order chi connectivity index (χ1) is 4.79. The summed E-state index contributed by atoms with van der Waals surface area (Å²) in [6.45, 7) is 1.13. The molecule has 1 aliphatic rings. The summed E-state index contributed by atoms with van der Waals surface area (Å²) in [6, 6.07) is 0. The van der Waals surface area contributed by atoms with Gasteiger partial charge in [-0.25, -0.2) is 11.6 Å². The fourth-order valence-corrected chi connectivity index (χ4v) is 0.966. The minimum absolute atomic E-state index is 0. The second-order valence-corrected chi connectivity index (χ2v) is 2.86. The van der Waals surface area contributed by atoms with Crippen molar-refractivity contribution in [1.82, 2.24) is 4.90 Å². The molecule has 0 saturated carbocycles. The standard InChI is InChI=1S/C9H14N.2ClH.Ti/c1-10(2)8-7-9-5-3-4-6-9;;;/h3,5H,4,7-8H2,1-2H3;2*1H;/q-1;;;. The van der Waals surface area contributed by atoms with Crippen molar-refractivity contribution in [1.29, 1.82) is 0 Å². The number of hydrogen-bond donors (Lipinski definition) is 0. The molecule has 0 N–H and O–H groups in total. The maximum atomic E-state index is 3.29. The van der Waals surface area contributed by atoms with Gasteiger partial charge in [0.2, 0.25) is 0 Å². The number of nitrogens with zero attached hydrogens (tertiary/aromatic N) is 1. The second kappa shape index (κ2) is 10.8. The van der Waals surface area contributed by atoms with Crippen molar-refractivity contribution in [3.63, 3.8) is 0 Å². The van der Waals surface area contributed by atoms with Gasteiger partial charge in [-0.3, -0.25) is 6.08 Å². The summed E-state index contributed by atoms with van der Waals surface area (Å²) in [6.07, 6.45) is 9.78. The van der Waals surface area contributed by atoms with Crippen LogP contribution < -0.4 is 0 Å². The average molecular weight is 257 g/mol. The Balaban J connectivity index is -0.000000333. The summed E-state index contributed by atoms with van der Waals surface area (Å²) in [5.74, 6) is 0. The molecular formula is C9H16Cl2NTi-. The Kier molecular flexibility index (Phi) is 16.1. The molecular weight excluding hydrogens is 241 g/mol. The average Bonchev–Trinajstić information content (AvgIpc) is 2.34. The Morgan fingerprint density at radius 2 is 2.00 bits per heavy atom. The third kappa shape index (κ3) is 9.05. The zero-order valence-electron chi connectivity index (χ0n) is 8.04. The molecule has 0 fully saturated rings. The number of rotatable bonds is 3. The van der Waals surface area contributed by atoms with Gasteiger partial charge in [-0.1, -0.05) is 0 Å². The van der Waals surface area contributed by atoms with Crippen LogP contribution in [-0.4, -0.2) is 25.5 Å². The van der Waals surface area contributed by atoms with E-state index in [0.717, 1.165) is 19.4 Å². The molecule has 1 rings (SSSR count). The van der Waals surface area contributed by atoms with Crippen LogP contribution in [0.15, 0.2) is 17.7 Å². The molecule has 0 atom stereocenters. The van der Waals surface area contributed by atoms with Gasteiger partial charge in [0.15, 0.2) is 0 Å². The van der Waals surface area contributed by atoms with Gasteiger partial charge in [-0.15, -0.1) is 31.2 Å². The smallest absolute Gasteiger partial charge is 0 e. The van der Waals surface area contributed by atoms with E-state index in [1.807, 2.05) is 0 Å². The van der Waals surface area contributed by atoms with Crippen LogP contribution in [0.4, 0.5) is 0 Å². The molecule has 0 spiro atoms. The first-order valence-electron chi connectivity index (χ1n) is 3.70. The molecule has 0 saturated heterocycles. The Hall–Kier alpha value is 0.734. The molecule has 0 bridgehead atoms. The molecule has 0 unspecified atom stereocenters. The first kappa shape index (κ1) is 19.3. The van der Waals surface area contributed by atoms with Crippen molar-refractivity contribution in [3.8, 4) is 0 Å². The van der Waals surface area contributed by atoms with Gasteiger partial charge in [0.05, 0.1) is 0 Å². The van der Waals surface area contributed by atoms with Gasteiger partial charge in [-0.2, -0.15) is 6.08 Å². The molecule has 1 nitrogen and oxygen atoms in total. The van der Waals surface area contributed by atoms with Gasteiger partial charge in [0.25, 0.3) is 0 Å². The molecule has 0 aromatic carbocycles. The molecule has 13 heavy (non-hydrogen) atoms. The Morgan fingerprint density at radius 3 is 2.38 bits per heavy atom. The van der Waals surface area contributed by atoms with E-state index < -0.39 is 0 Å². The largest absolute Gasteiger partial charge is 0.309 e. The third-order valence-corrected chi connectivity index (χ3v) is 1.59. The van der Waals surface area contributed by atoms with E-state index in [9.17, 15) is 0 Å². The summed E-state index contributed by atoms with van der Waals surface area (Å²) < 4.78 is 0. The van der Waals surface area contributed by atoms with Gasteiger partial charge in [0, 0.05) is 21.7 Å². The summed E-state index contributed by atoms with van der Waals surface area (Å²) in [5.41, 5.74) is 1.37. The maximum Gasteiger partial charge on any atom is 0 e. The van der Waals surface area contributed by atoms with Crippen LogP contribution in [0, 0.1) is 6.08 Å². The van der Waals surface area contributed by atoms with E-state index in [1.165, 1.54) is 5.57 Å². The normalized spacial score (nSPS) is 12.7. The fraction of sp³-hybridized carbons (Fsp3) is 0.556. The summed E-state index contributed by atoms with van der Waals surface area (Å²) in [4.78, 5) is 2.20. The van der Waals surface area contributed by atoms with E-state index in [-0.39, 0.29) is 46.5 Å². The van der Waals surface area contributed by atoms with Crippen LogP contribution in [0.25, 0.3) is 0 Å². The molecule has 0 aromatic heterocycles. The first-order valence-corrected chi connectivity index (χ1v) is 3.70. The molecule has 0 aromatic rings. The zero-order valence-corrected chi connectivity index (χ0v) is 11.2. The number of halogens is 2. The molecule has 0 radical (unpaired) electrons. The van der Waals surface area contributed by atoms with Crippen LogP contribution in [0.3, 0.4) is 0 Å². The fourth-order valence-electron chi connectivity index (χ4n) is 0.966. The number of allylic oxidation sites excluding steroid dienone is 3. The predicted molar refractivity (Wildman–Crippen MR) is 58.2 cm³/mol. The molecule has 0 aliphatic heterocycles. The van der Waals surface area contributed by atoms with Gasteiger partial charge in [-0.05, 0) is 27.1 Å². The van der Waals surface area contributed by atoms with Crippen molar-refractivity contribution in [2.45, 2.75) is 12.8 Å². The Morgan fingerprint density at radius 1 is 1.38 bits per heavy atom. The van der Waals surface area contributed by atoms with E-state index >= 15 is 0 Å². The zero-order chi connectivity index (χ0) is 7.40. The summed E-state index contributed by atoms with van der Waals surface area (Å²) in [7, 11) is 4.19. The predicted octanol–water partition coefficient (Wildman–Crippen LogP) is 2.47. The summed E-state index contributed by atoms with van der Waals surface area (Å²) >= 11 is 0. The van der Waals surface area contributed by atoms with E-state index in [0.29, 0.717) is 0 Å². The molecule has 1 aliphatic carbocycles. The molecule has 0 amide bonds. The van der Waals surface area contributed by atoms with Crippen molar-refractivity contribution >= 4 is 24.8 Å². The van der Waals surface area contributed by atoms with Crippen LogP contribution >= 0.6 is 24.8 Å². The number of hydrogen-bond acceptors (Lipinski definition) is 1. The van der Waals surface area contributed by atoms with E-state index in [4.69, 9.17) is 0 Å². The SMILES string of the molecule is CN(C)CCC1=[C-]CC=C1.Cl.Cl.[Ti]. The molecule has 76 valence electrons. The van der Waals surface area contributed by atoms with E-state index in [2.05, 4.69) is 37.2 Å². The van der Waals surface area contributed by atoms with Crippen molar-refractivity contribution in [3.05, 3.63) is 23.8 Å². The third-order valence-electron chi connectivity index (χ3n) is 1.59. The van der Waals surface area contributed by atoms with Gasteiger partial charge < -0.3 is 4.90 Å². The van der Waals surface area contributed by atoms with Crippen LogP contribution in [0.1, 0.15) is 12.8 Å². The second-order valence-electron chi connectivity index (χ2n) is 2.86. The van der Waals surface area contributed by atoms with Crippen molar-refractivity contribution in [2.75, 3.05) is 20.6 Å². The van der Waals surface area contributed by atoms with Crippen molar-refractivity contribution in [2.24, 2.45) is 0 Å². The van der Waals surface area contributed by atoms with Crippen LogP contribution in [0.5, 0.6) is 0 Å². The molecule has 0 heterocycles. The topological polar surface area (TPSA) is 3.24 Å². The minimum Gasteiger partial charge on any atom is -0.309 e. The van der Waals surface area contributed by atoms with E-state index in [1.54, 1.807) is 0 Å². The molecule has 4 heteroatoms. The Bertz CT molecular complexity index is 167.